The summed E-state index contributed by atoms with van der Waals surface area (Å²) in [6.07, 6.45) is 7.07. The molecule has 2 aliphatic heterocycles. The molecule has 0 saturated carbocycles. The Kier molecular flexibility index (Phi) is 10.5. The van der Waals surface area contributed by atoms with E-state index in [0.717, 1.165) is 0 Å². The first-order valence-electron chi connectivity index (χ1n) is 28.9. The number of anilines is 6. The molecule has 2 nitrogen and oxygen atoms in total. The van der Waals surface area contributed by atoms with E-state index in [1.54, 1.807) is 0 Å². The number of hydrogen-bond donors (Lipinski definition) is 0. The minimum Gasteiger partial charge on any atom is -0.311 e. The molecule has 0 amide bonds. The lowest BCUT2D eigenvalue weighted by atomic mass is 9.33. The number of benzene rings is 7. The first-order valence-corrected chi connectivity index (χ1v) is 29.7. The number of rotatable bonds is 3. The van der Waals surface area contributed by atoms with Gasteiger partial charge in [-0.1, -0.05) is 171 Å². The third-order valence-corrected chi connectivity index (χ3v) is 21.6. The summed E-state index contributed by atoms with van der Waals surface area (Å²) in [6.45, 7) is 41.8. The first kappa shape index (κ1) is 50.0. The van der Waals surface area contributed by atoms with Crippen molar-refractivity contribution >= 4 is 88.7 Å². The third kappa shape index (κ3) is 7.16. The van der Waals surface area contributed by atoms with Crippen molar-refractivity contribution in [2.75, 3.05) is 9.80 Å². The number of thiophene rings is 1. The Bertz CT molecular complexity index is 3810. The van der Waals surface area contributed by atoms with Crippen molar-refractivity contribution in [3.8, 4) is 11.1 Å². The van der Waals surface area contributed by atoms with Gasteiger partial charge in [0.15, 0.2) is 0 Å². The molecule has 8 aromatic rings. The van der Waals surface area contributed by atoms with Crippen LogP contribution in [0.1, 0.15) is 192 Å². The van der Waals surface area contributed by atoms with Crippen LogP contribution < -0.4 is 26.2 Å². The van der Waals surface area contributed by atoms with Gasteiger partial charge in [-0.05, 0) is 210 Å². The fourth-order valence-corrected chi connectivity index (χ4v) is 16.6. The third-order valence-electron chi connectivity index (χ3n) is 20.4. The highest BCUT2D eigenvalue weighted by Gasteiger charge is 2.49. The van der Waals surface area contributed by atoms with Gasteiger partial charge in [0.05, 0.1) is 10.4 Å². The van der Waals surface area contributed by atoms with Crippen molar-refractivity contribution in [2.45, 2.75) is 194 Å². The molecule has 1 aromatic heterocycles. The van der Waals surface area contributed by atoms with Crippen LogP contribution in [0, 0.1) is 13.8 Å². The van der Waals surface area contributed by atoms with Gasteiger partial charge in [0, 0.05) is 43.9 Å². The maximum Gasteiger partial charge on any atom is 0.252 e. The molecule has 76 heavy (non-hydrogen) atoms. The Morgan fingerprint density at radius 1 is 0.461 bits per heavy atom. The van der Waals surface area contributed by atoms with Crippen LogP contribution in [0.4, 0.5) is 34.1 Å². The van der Waals surface area contributed by atoms with Gasteiger partial charge >= 0.3 is 0 Å². The summed E-state index contributed by atoms with van der Waals surface area (Å²) in [5, 5.41) is 2.78. The van der Waals surface area contributed by atoms with E-state index < -0.39 is 0 Å². The van der Waals surface area contributed by atoms with Crippen molar-refractivity contribution in [3.05, 3.63) is 159 Å². The van der Waals surface area contributed by atoms with Crippen molar-refractivity contribution < 1.29 is 0 Å². The maximum atomic E-state index is 2.81. The van der Waals surface area contributed by atoms with E-state index in [-0.39, 0.29) is 44.6 Å². The van der Waals surface area contributed by atoms with Crippen LogP contribution >= 0.6 is 11.3 Å². The van der Waals surface area contributed by atoms with Crippen LogP contribution in [0.25, 0.3) is 31.3 Å². The molecule has 0 fully saturated rings. The number of hydrogen-bond acceptors (Lipinski definition) is 3. The van der Waals surface area contributed by atoms with Gasteiger partial charge in [0.25, 0.3) is 6.71 Å². The Labute approximate surface area is 460 Å². The lowest BCUT2D eigenvalue weighted by Gasteiger charge is -2.48. The topological polar surface area (TPSA) is 6.48 Å². The fraction of sp³-hybridized carbons (Fsp3) is 0.417. The molecule has 4 heteroatoms. The first-order chi connectivity index (χ1) is 35.6. The molecule has 0 radical (unpaired) electrons. The standard InChI is InChI=1S/C72H81BN2S/c1-42-21-18-19-22-46(42)44-36-59-63-60(37-44)75(57-40-53-50(35-43(57)2)68(8,9)31-33-71(53,14)15)64-55(28-26-47-62-49(66(3,4)5)23-20-24-61(62)76-65(47)64)73(63)56-39-52-54(72(16,17)34-32-70(52,12)13)41-58(56)74(59)45-25-27-48-51(38-45)69(10,11)30-29-67(48,6)7/h18-28,35-41H,29-34H2,1-17H3. The van der Waals surface area contributed by atoms with Gasteiger partial charge in [-0.25, -0.2) is 0 Å². The van der Waals surface area contributed by atoms with E-state index >= 15 is 0 Å². The monoisotopic (exact) mass is 1020 g/mol. The summed E-state index contributed by atoms with van der Waals surface area (Å²) in [4.78, 5) is 5.56. The fourth-order valence-electron chi connectivity index (χ4n) is 15.3. The Morgan fingerprint density at radius 2 is 1.00 bits per heavy atom. The van der Waals surface area contributed by atoms with Crippen molar-refractivity contribution in [2.24, 2.45) is 0 Å². The van der Waals surface area contributed by atoms with Gasteiger partial charge in [0.1, 0.15) is 0 Å². The summed E-state index contributed by atoms with van der Waals surface area (Å²) in [6, 6.07) is 44.9. The van der Waals surface area contributed by atoms with Gasteiger partial charge in [-0.3, -0.25) is 0 Å². The maximum absolute atomic E-state index is 2.81. The molecule has 3 aliphatic carbocycles. The van der Waals surface area contributed by atoms with E-state index in [0.29, 0.717) is 0 Å². The summed E-state index contributed by atoms with van der Waals surface area (Å²) in [5.74, 6) is 0. The van der Waals surface area contributed by atoms with Crippen LogP contribution in [0.3, 0.4) is 0 Å². The lowest BCUT2D eigenvalue weighted by Crippen LogP contribution is -2.62. The molecule has 3 heterocycles. The van der Waals surface area contributed by atoms with Gasteiger partial charge in [-0.2, -0.15) is 0 Å². The Hall–Kier alpha value is -5.58. The largest absolute Gasteiger partial charge is 0.311 e. The molecule has 0 bridgehead atoms. The number of aryl methyl sites for hydroxylation is 2. The van der Waals surface area contributed by atoms with E-state index in [9.17, 15) is 0 Å². The summed E-state index contributed by atoms with van der Waals surface area (Å²) >= 11 is 2.01. The zero-order valence-electron chi connectivity index (χ0n) is 49.0. The number of nitrogens with zero attached hydrogens (tertiary/aromatic N) is 2. The van der Waals surface area contributed by atoms with E-state index in [2.05, 4.69) is 237 Å². The van der Waals surface area contributed by atoms with Crippen molar-refractivity contribution in [1.29, 1.82) is 0 Å². The van der Waals surface area contributed by atoms with Crippen LogP contribution in [0.5, 0.6) is 0 Å². The summed E-state index contributed by atoms with van der Waals surface area (Å²) in [5.41, 5.74) is 28.1. The van der Waals surface area contributed by atoms with Gasteiger partial charge in [-0.15, -0.1) is 11.3 Å². The Morgan fingerprint density at radius 3 is 1.61 bits per heavy atom. The highest BCUT2D eigenvalue weighted by Crippen LogP contribution is 2.57. The predicted octanol–water partition coefficient (Wildman–Crippen LogP) is 18.8. The van der Waals surface area contributed by atoms with Gasteiger partial charge < -0.3 is 9.80 Å². The molecule has 0 saturated heterocycles. The summed E-state index contributed by atoms with van der Waals surface area (Å²) < 4.78 is 2.75. The molecule has 388 valence electrons. The minimum absolute atomic E-state index is 0.00225. The zero-order valence-corrected chi connectivity index (χ0v) is 49.8. The minimum atomic E-state index is -0.0202. The molecule has 0 spiro atoms. The predicted molar refractivity (Wildman–Crippen MR) is 333 cm³/mol. The molecule has 7 aromatic carbocycles. The van der Waals surface area contributed by atoms with Crippen LogP contribution in [0.15, 0.2) is 109 Å². The molecular weight excluding hydrogens is 936 g/mol. The molecule has 13 rings (SSSR count). The average molecular weight is 1020 g/mol. The molecule has 5 aliphatic rings. The highest BCUT2D eigenvalue weighted by molar-refractivity contribution is 7.26. The molecular formula is C72H81BN2S. The molecule has 0 atom stereocenters. The molecule has 0 N–H and O–H groups in total. The second kappa shape index (κ2) is 16.0. The van der Waals surface area contributed by atoms with Crippen molar-refractivity contribution in [3.63, 3.8) is 0 Å². The van der Waals surface area contributed by atoms with Gasteiger partial charge in [0.2, 0.25) is 0 Å². The smallest absolute Gasteiger partial charge is 0.252 e. The zero-order chi connectivity index (χ0) is 53.8. The lowest BCUT2D eigenvalue weighted by molar-refractivity contribution is 0.332. The van der Waals surface area contributed by atoms with E-state index in [1.807, 2.05) is 11.3 Å². The number of fused-ring (bicyclic) bond motifs is 11. The molecule has 0 unspecified atom stereocenters. The Balaban J connectivity index is 1.22. The van der Waals surface area contributed by atoms with E-state index in [1.165, 1.54) is 170 Å². The quantitative estimate of drug-likeness (QED) is 0.163. The summed E-state index contributed by atoms with van der Waals surface area (Å²) in [7, 11) is 0. The average Bonchev–Trinajstić information content (AvgIpc) is 3.85. The second-order valence-electron chi connectivity index (χ2n) is 29.4. The van der Waals surface area contributed by atoms with Crippen LogP contribution in [0.2, 0.25) is 0 Å². The van der Waals surface area contributed by atoms with Crippen LogP contribution in [-0.4, -0.2) is 6.71 Å². The normalized spacial score (nSPS) is 19.9. The second-order valence-corrected chi connectivity index (χ2v) is 30.5. The van der Waals surface area contributed by atoms with Crippen molar-refractivity contribution in [1.82, 2.24) is 0 Å². The SMILES string of the molecule is Cc1ccccc1-c1cc2c3c(c1)N(c1cc4c(cc1C)C(C)(C)CCC4(C)C)c1c(ccc4c1sc1cccc(C(C)(C)C)c14)B3c1cc3c(cc1N2c1ccc2c(c1)C(C)(C)CCC2(C)C)C(C)(C)CCC3(C)C. The van der Waals surface area contributed by atoms with E-state index in [4.69, 9.17) is 0 Å². The van der Waals surface area contributed by atoms with Crippen LogP contribution in [-0.2, 0) is 37.9 Å². The highest BCUT2D eigenvalue weighted by atomic mass is 32.1.